The fraction of sp³-hybridized carbons (Fsp3) is 0.167. The van der Waals surface area contributed by atoms with E-state index in [4.69, 9.17) is 10.5 Å². The predicted octanol–water partition coefficient (Wildman–Crippen LogP) is 3.39. The van der Waals surface area contributed by atoms with Gasteiger partial charge in [0.25, 0.3) is 5.91 Å². The molecule has 1 aliphatic heterocycles. The van der Waals surface area contributed by atoms with Gasteiger partial charge in [-0.1, -0.05) is 12.1 Å². The van der Waals surface area contributed by atoms with Crippen molar-refractivity contribution in [3.05, 3.63) is 77.6 Å². The number of nitrogens with zero attached hydrogens (tertiary/aromatic N) is 1. The maximum absolute atomic E-state index is 14.6. The summed E-state index contributed by atoms with van der Waals surface area (Å²) in [6.07, 6.45) is 0. The first-order valence-corrected chi connectivity index (χ1v) is 10.1. The molecule has 4 N–H and O–H groups in total. The number of hydrogen-bond donors (Lipinski definition) is 3. The number of phenolic OH excluding ortho intramolecular Hbond substituents is 1. The van der Waals surface area contributed by atoms with E-state index in [1.54, 1.807) is 30.3 Å². The van der Waals surface area contributed by atoms with Crippen molar-refractivity contribution in [2.24, 2.45) is 5.73 Å². The number of carbonyl (C=O) groups excluding carboxylic acids is 2. The number of nitrogens with two attached hydrogens (primary N) is 1. The smallest absolute Gasteiger partial charge is 0.255 e. The van der Waals surface area contributed by atoms with Crippen LogP contribution in [0.2, 0.25) is 0 Å². The minimum atomic E-state index is -0.703. The number of carbonyl (C=O) groups is 2. The maximum Gasteiger partial charge on any atom is 0.255 e. The Morgan fingerprint density at radius 1 is 1.03 bits per heavy atom. The van der Waals surface area contributed by atoms with Crippen LogP contribution in [0.25, 0.3) is 11.1 Å². The third-order valence-electron chi connectivity index (χ3n) is 5.23. The van der Waals surface area contributed by atoms with Crippen LogP contribution in [0, 0.1) is 5.82 Å². The van der Waals surface area contributed by atoms with Gasteiger partial charge in [-0.3, -0.25) is 9.59 Å². The van der Waals surface area contributed by atoms with Gasteiger partial charge in [0.1, 0.15) is 11.6 Å². The van der Waals surface area contributed by atoms with Crippen molar-refractivity contribution in [2.45, 2.75) is 0 Å². The molecule has 4 rings (SSSR count). The van der Waals surface area contributed by atoms with Gasteiger partial charge < -0.3 is 25.8 Å². The number of benzene rings is 3. The fourth-order valence-corrected chi connectivity index (χ4v) is 3.74. The highest BCUT2D eigenvalue weighted by Gasteiger charge is 2.20. The maximum atomic E-state index is 14.6. The van der Waals surface area contributed by atoms with E-state index in [0.717, 1.165) is 0 Å². The molecule has 7 nitrogen and oxygen atoms in total. The molecule has 0 unspecified atom stereocenters. The molecule has 8 heteroatoms. The summed E-state index contributed by atoms with van der Waals surface area (Å²) in [6, 6.07) is 15.1. The van der Waals surface area contributed by atoms with E-state index in [2.05, 4.69) is 5.32 Å². The van der Waals surface area contributed by atoms with E-state index in [9.17, 15) is 19.1 Å². The topological polar surface area (TPSA) is 105 Å². The lowest BCUT2D eigenvalue weighted by molar-refractivity contribution is 0.0996. The molecule has 0 atom stereocenters. The van der Waals surface area contributed by atoms with Crippen LogP contribution in [0.4, 0.5) is 15.8 Å². The molecular weight excluding hydrogens is 413 g/mol. The number of phenols is 1. The van der Waals surface area contributed by atoms with Gasteiger partial charge >= 0.3 is 0 Å². The normalized spacial score (nSPS) is 13.6. The Labute approximate surface area is 184 Å². The van der Waals surface area contributed by atoms with Gasteiger partial charge in [-0.05, 0) is 54.1 Å². The molecule has 1 aliphatic rings. The zero-order valence-corrected chi connectivity index (χ0v) is 17.2. The van der Waals surface area contributed by atoms with Gasteiger partial charge in [0.15, 0.2) is 0 Å². The van der Waals surface area contributed by atoms with Crippen molar-refractivity contribution in [3.63, 3.8) is 0 Å². The zero-order valence-electron chi connectivity index (χ0n) is 17.2. The van der Waals surface area contributed by atoms with Gasteiger partial charge in [-0.2, -0.15) is 0 Å². The molecule has 1 saturated heterocycles. The number of anilines is 2. The molecule has 2 amide bonds. The molecule has 0 aliphatic carbocycles. The number of aromatic hydroxyl groups is 1. The molecule has 164 valence electrons. The molecule has 0 radical (unpaired) electrons. The molecule has 0 spiro atoms. The highest BCUT2D eigenvalue weighted by atomic mass is 19.1. The summed E-state index contributed by atoms with van der Waals surface area (Å²) in [4.78, 5) is 26.9. The molecule has 0 saturated carbocycles. The Kier molecular flexibility index (Phi) is 6.04. The minimum absolute atomic E-state index is 0.0518. The third kappa shape index (κ3) is 4.55. The number of rotatable bonds is 5. The monoisotopic (exact) mass is 435 g/mol. The average molecular weight is 435 g/mol. The number of morpholine rings is 1. The number of halogens is 1. The standard InChI is InChI=1S/C24H22FN3O4/c25-17-11-16(12-18(14-17)28-7-9-32-10-8-28)22-20(23(26)30)5-2-6-21(22)27-24(31)15-3-1-4-19(29)13-15/h1-6,11-14,29H,7-10H2,(H2,26,30)(H,27,31). The van der Waals surface area contributed by atoms with Crippen LogP contribution in [-0.2, 0) is 4.74 Å². The molecule has 32 heavy (non-hydrogen) atoms. The van der Waals surface area contributed by atoms with Crippen molar-refractivity contribution in [3.8, 4) is 16.9 Å². The Morgan fingerprint density at radius 2 is 1.78 bits per heavy atom. The number of hydrogen-bond acceptors (Lipinski definition) is 5. The molecule has 1 heterocycles. The molecule has 0 bridgehead atoms. The van der Waals surface area contributed by atoms with E-state index in [1.807, 2.05) is 4.90 Å². The predicted molar refractivity (Wildman–Crippen MR) is 119 cm³/mol. The van der Waals surface area contributed by atoms with E-state index in [1.165, 1.54) is 30.3 Å². The third-order valence-corrected chi connectivity index (χ3v) is 5.23. The van der Waals surface area contributed by atoms with Crippen LogP contribution in [-0.4, -0.2) is 43.2 Å². The van der Waals surface area contributed by atoms with Crippen molar-refractivity contribution >= 4 is 23.2 Å². The summed E-state index contributed by atoms with van der Waals surface area (Å²) in [5.41, 5.74) is 7.65. The minimum Gasteiger partial charge on any atom is -0.508 e. The highest BCUT2D eigenvalue weighted by Crippen LogP contribution is 2.35. The molecule has 3 aromatic rings. The summed E-state index contributed by atoms with van der Waals surface area (Å²) in [5, 5.41) is 12.4. The molecular formula is C24H22FN3O4. The van der Waals surface area contributed by atoms with Crippen LogP contribution >= 0.6 is 0 Å². The number of amides is 2. The van der Waals surface area contributed by atoms with Crippen molar-refractivity contribution < 1.29 is 23.8 Å². The average Bonchev–Trinajstić information content (AvgIpc) is 2.79. The van der Waals surface area contributed by atoms with E-state index >= 15 is 0 Å². The second kappa shape index (κ2) is 9.07. The van der Waals surface area contributed by atoms with Crippen LogP contribution in [0.5, 0.6) is 5.75 Å². The summed E-state index contributed by atoms with van der Waals surface area (Å²) >= 11 is 0. The fourth-order valence-electron chi connectivity index (χ4n) is 3.74. The first-order valence-electron chi connectivity index (χ1n) is 10.1. The Hall–Kier alpha value is -3.91. The first kappa shape index (κ1) is 21.3. The largest absolute Gasteiger partial charge is 0.508 e. The van der Waals surface area contributed by atoms with Gasteiger partial charge in [0.2, 0.25) is 5.91 Å². The van der Waals surface area contributed by atoms with Crippen molar-refractivity contribution in [1.82, 2.24) is 0 Å². The lowest BCUT2D eigenvalue weighted by atomic mass is 9.96. The Morgan fingerprint density at radius 3 is 2.50 bits per heavy atom. The molecule has 1 fully saturated rings. The van der Waals surface area contributed by atoms with E-state index in [-0.39, 0.29) is 16.9 Å². The van der Waals surface area contributed by atoms with Gasteiger partial charge in [-0.15, -0.1) is 0 Å². The zero-order chi connectivity index (χ0) is 22.7. The lowest BCUT2D eigenvalue weighted by Gasteiger charge is -2.29. The summed E-state index contributed by atoms with van der Waals surface area (Å²) in [6.45, 7) is 2.30. The summed E-state index contributed by atoms with van der Waals surface area (Å²) < 4.78 is 20.0. The number of primary amides is 1. The lowest BCUT2D eigenvalue weighted by Crippen LogP contribution is -2.36. The SMILES string of the molecule is NC(=O)c1cccc(NC(=O)c2cccc(O)c2)c1-c1cc(F)cc(N2CCOCC2)c1. The Balaban J connectivity index is 1.78. The van der Waals surface area contributed by atoms with Crippen LogP contribution in [0.1, 0.15) is 20.7 Å². The summed E-state index contributed by atoms with van der Waals surface area (Å²) in [5.74, 6) is -1.73. The van der Waals surface area contributed by atoms with Gasteiger partial charge in [0.05, 0.1) is 13.2 Å². The van der Waals surface area contributed by atoms with Crippen LogP contribution in [0.15, 0.2) is 60.7 Å². The van der Waals surface area contributed by atoms with E-state index in [0.29, 0.717) is 48.8 Å². The number of nitrogens with one attached hydrogen (secondary N) is 1. The van der Waals surface area contributed by atoms with Crippen molar-refractivity contribution in [1.29, 1.82) is 0 Å². The van der Waals surface area contributed by atoms with Gasteiger partial charge in [0, 0.05) is 41.2 Å². The van der Waals surface area contributed by atoms with E-state index < -0.39 is 17.6 Å². The second-order valence-electron chi connectivity index (χ2n) is 7.39. The second-order valence-corrected chi connectivity index (χ2v) is 7.39. The molecule has 0 aromatic heterocycles. The quantitative estimate of drug-likeness (QED) is 0.570. The summed E-state index contributed by atoms with van der Waals surface area (Å²) in [7, 11) is 0. The molecule has 3 aromatic carbocycles. The first-order chi connectivity index (χ1) is 15.4. The van der Waals surface area contributed by atoms with Crippen LogP contribution < -0.4 is 16.0 Å². The number of ether oxygens (including phenoxy) is 1. The van der Waals surface area contributed by atoms with Crippen molar-refractivity contribution in [2.75, 3.05) is 36.5 Å². The van der Waals surface area contributed by atoms with Crippen LogP contribution in [0.3, 0.4) is 0 Å². The Bertz CT molecular complexity index is 1180. The van der Waals surface area contributed by atoms with Gasteiger partial charge in [-0.25, -0.2) is 4.39 Å². The highest BCUT2D eigenvalue weighted by molar-refractivity contribution is 6.10.